The van der Waals surface area contributed by atoms with Crippen molar-refractivity contribution in [2.24, 2.45) is 0 Å². The molecule has 2 aromatic carbocycles. The Morgan fingerprint density at radius 2 is 1.82 bits per heavy atom. The average molecular weight is 483 g/mol. The van der Waals surface area contributed by atoms with Crippen LogP contribution in [0.25, 0.3) is 11.4 Å². The van der Waals surface area contributed by atoms with Gasteiger partial charge >= 0.3 is 0 Å². The largest absolute Gasteiger partial charge is 0.383 e. The Kier molecular flexibility index (Phi) is 7.45. The molecular formula is C25H30N4O4S. The van der Waals surface area contributed by atoms with Crippen LogP contribution in [0.2, 0.25) is 0 Å². The van der Waals surface area contributed by atoms with Crippen LogP contribution < -0.4 is 10.0 Å². The Hall–Kier alpha value is -3.01. The van der Waals surface area contributed by atoms with Crippen molar-refractivity contribution in [2.45, 2.75) is 50.1 Å². The molecule has 1 aliphatic rings. The van der Waals surface area contributed by atoms with Crippen LogP contribution in [0.4, 0.5) is 5.69 Å². The van der Waals surface area contributed by atoms with Crippen LogP contribution in [0.1, 0.15) is 42.4 Å². The maximum atomic E-state index is 13.2. The summed E-state index contributed by atoms with van der Waals surface area (Å²) >= 11 is 0. The first kappa shape index (κ1) is 24.1. The molecule has 1 atom stereocenters. The quantitative estimate of drug-likeness (QED) is 0.508. The van der Waals surface area contributed by atoms with Crippen LogP contribution >= 0.6 is 0 Å². The number of hydrogen-bond donors (Lipinski definition) is 2. The van der Waals surface area contributed by atoms with Gasteiger partial charge in [-0.15, -0.1) is 0 Å². The summed E-state index contributed by atoms with van der Waals surface area (Å²) in [6.45, 7) is 2.83. The van der Waals surface area contributed by atoms with E-state index < -0.39 is 10.0 Å². The van der Waals surface area contributed by atoms with Gasteiger partial charge in [0.2, 0.25) is 10.0 Å². The summed E-state index contributed by atoms with van der Waals surface area (Å²) in [6, 6.07) is 15.7. The predicted octanol–water partition coefficient (Wildman–Crippen LogP) is 3.84. The number of nitrogens with zero attached hydrogens (tertiary/aromatic N) is 2. The summed E-state index contributed by atoms with van der Waals surface area (Å²) in [5.41, 5.74) is 2.86. The van der Waals surface area contributed by atoms with Gasteiger partial charge in [0.15, 0.2) is 0 Å². The number of methoxy groups -OCH3 is 1. The summed E-state index contributed by atoms with van der Waals surface area (Å²) in [5.74, 6) is 0.510. The summed E-state index contributed by atoms with van der Waals surface area (Å²) < 4.78 is 34.8. The van der Waals surface area contributed by atoms with E-state index in [-0.39, 0.29) is 23.5 Å². The van der Waals surface area contributed by atoms with Gasteiger partial charge in [-0.1, -0.05) is 36.8 Å². The lowest BCUT2D eigenvalue weighted by atomic mass is 10.1. The number of anilines is 1. The molecule has 0 saturated carbocycles. The highest BCUT2D eigenvalue weighted by Gasteiger charge is 2.24. The fraction of sp³-hybridized carbons (Fsp3) is 0.360. The Labute approximate surface area is 200 Å². The number of imidazole rings is 1. The van der Waals surface area contributed by atoms with Gasteiger partial charge in [-0.25, -0.2) is 18.1 Å². The maximum absolute atomic E-state index is 13.2. The van der Waals surface area contributed by atoms with Gasteiger partial charge in [0.05, 0.1) is 17.2 Å². The molecule has 0 saturated heterocycles. The van der Waals surface area contributed by atoms with Gasteiger partial charge in [-0.05, 0) is 50.5 Å². The van der Waals surface area contributed by atoms with Gasteiger partial charge in [-0.3, -0.25) is 4.79 Å². The first-order valence-electron chi connectivity index (χ1n) is 11.5. The van der Waals surface area contributed by atoms with Crippen molar-refractivity contribution in [3.63, 3.8) is 0 Å². The third-order valence-electron chi connectivity index (χ3n) is 5.81. The zero-order valence-corrected chi connectivity index (χ0v) is 20.3. The van der Waals surface area contributed by atoms with E-state index in [0.717, 1.165) is 49.3 Å². The molecule has 0 spiro atoms. The summed E-state index contributed by atoms with van der Waals surface area (Å²) in [7, 11) is -2.16. The van der Waals surface area contributed by atoms with Crippen molar-refractivity contribution >= 4 is 21.6 Å². The second-order valence-electron chi connectivity index (χ2n) is 8.52. The number of hydrogen-bond acceptors (Lipinski definition) is 5. The molecule has 3 aromatic rings. The van der Waals surface area contributed by atoms with Crippen molar-refractivity contribution < 1.29 is 17.9 Å². The minimum Gasteiger partial charge on any atom is -0.383 e. The van der Waals surface area contributed by atoms with Crippen molar-refractivity contribution in [2.75, 3.05) is 19.0 Å². The fourth-order valence-corrected chi connectivity index (χ4v) is 5.46. The molecule has 9 heteroatoms. The van der Waals surface area contributed by atoms with E-state index in [1.165, 1.54) is 19.2 Å². The van der Waals surface area contributed by atoms with Gasteiger partial charge < -0.3 is 14.6 Å². The third-order valence-corrected chi connectivity index (χ3v) is 7.42. The molecule has 4 rings (SSSR count). The number of sulfonamides is 1. The SMILES string of the molecule is COCC(C)NS(=O)(=O)c1ccc(NC(=O)c2nc(-c3ccccc3)n3c2CCCCC3)cc1. The molecule has 1 amide bonds. The van der Waals surface area contributed by atoms with E-state index in [0.29, 0.717) is 11.4 Å². The van der Waals surface area contributed by atoms with Crippen LogP contribution in [0.15, 0.2) is 59.5 Å². The zero-order chi connectivity index (χ0) is 24.1. The van der Waals surface area contributed by atoms with Crippen molar-refractivity contribution in [1.29, 1.82) is 0 Å². The zero-order valence-electron chi connectivity index (χ0n) is 19.5. The van der Waals surface area contributed by atoms with Crippen molar-refractivity contribution in [3.8, 4) is 11.4 Å². The first-order valence-corrected chi connectivity index (χ1v) is 12.9. The molecule has 2 N–H and O–H groups in total. The number of benzene rings is 2. The van der Waals surface area contributed by atoms with Gasteiger partial charge in [0, 0.05) is 30.9 Å². The first-order chi connectivity index (χ1) is 16.4. The fourth-order valence-electron chi connectivity index (χ4n) is 4.23. The molecule has 180 valence electrons. The topological polar surface area (TPSA) is 102 Å². The molecule has 1 aliphatic heterocycles. The van der Waals surface area contributed by atoms with Crippen LogP contribution in [0, 0.1) is 0 Å². The van der Waals surface area contributed by atoms with Crippen LogP contribution in [-0.2, 0) is 27.7 Å². The molecule has 1 aromatic heterocycles. The van der Waals surface area contributed by atoms with E-state index in [1.54, 1.807) is 19.1 Å². The number of nitrogens with one attached hydrogen (secondary N) is 2. The number of amides is 1. The highest BCUT2D eigenvalue weighted by atomic mass is 32.2. The number of aromatic nitrogens is 2. The number of ether oxygens (including phenoxy) is 1. The lowest BCUT2D eigenvalue weighted by Gasteiger charge is -2.13. The molecular weight excluding hydrogens is 452 g/mol. The minimum absolute atomic E-state index is 0.121. The summed E-state index contributed by atoms with van der Waals surface area (Å²) in [6.07, 6.45) is 3.98. The van der Waals surface area contributed by atoms with E-state index in [4.69, 9.17) is 9.72 Å². The molecule has 0 bridgehead atoms. The van der Waals surface area contributed by atoms with Crippen LogP contribution in [-0.4, -0.2) is 43.6 Å². The summed E-state index contributed by atoms with van der Waals surface area (Å²) in [5, 5.41) is 2.88. The van der Waals surface area contributed by atoms with E-state index >= 15 is 0 Å². The molecule has 0 aliphatic carbocycles. The van der Waals surface area contributed by atoms with Crippen molar-refractivity contribution in [3.05, 3.63) is 66.0 Å². The Bertz CT molecular complexity index is 1240. The number of fused-ring (bicyclic) bond motifs is 1. The Morgan fingerprint density at radius 1 is 1.09 bits per heavy atom. The van der Waals surface area contributed by atoms with E-state index in [1.807, 2.05) is 30.3 Å². The maximum Gasteiger partial charge on any atom is 0.276 e. The molecule has 0 radical (unpaired) electrons. The number of carbonyl (C=O) groups excluding carboxylic acids is 1. The monoisotopic (exact) mass is 482 g/mol. The average Bonchev–Trinajstić information content (AvgIpc) is 3.01. The second kappa shape index (κ2) is 10.5. The minimum atomic E-state index is -3.68. The van der Waals surface area contributed by atoms with E-state index in [9.17, 15) is 13.2 Å². The Morgan fingerprint density at radius 3 is 2.53 bits per heavy atom. The lowest BCUT2D eigenvalue weighted by Crippen LogP contribution is -2.35. The predicted molar refractivity (Wildman–Crippen MR) is 131 cm³/mol. The molecule has 2 heterocycles. The summed E-state index contributed by atoms with van der Waals surface area (Å²) in [4.78, 5) is 18.1. The standard InChI is InChI=1S/C25H30N4O4S/c1-18(17-33-2)28-34(31,32)21-14-12-20(13-15-21)26-25(30)23-22-11-7-4-8-16-29(22)24(27-23)19-9-5-3-6-10-19/h3,5-6,9-10,12-15,18,28H,4,7-8,11,16-17H2,1-2H3,(H,26,30). The molecule has 34 heavy (non-hydrogen) atoms. The molecule has 1 unspecified atom stereocenters. The smallest absolute Gasteiger partial charge is 0.276 e. The number of rotatable bonds is 8. The highest BCUT2D eigenvalue weighted by Crippen LogP contribution is 2.28. The third kappa shape index (κ3) is 5.38. The molecule has 8 nitrogen and oxygen atoms in total. The normalized spacial score (nSPS) is 14.8. The number of carbonyl (C=O) groups is 1. The van der Waals surface area contributed by atoms with Gasteiger partial charge in [0.25, 0.3) is 5.91 Å². The van der Waals surface area contributed by atoms with Crippen LogP contribution in [0.3, 0.4) is 0 Å². The molecule has 0 fully saturated rings. The second-order valence-corrected chi connectivity index (χ2v) is 10.2. The van der Waals surface area contributed by atoms with Gasteiger partial charge in [-0.2, -0.15) is 0 Å². The van der Waals surface area contributed by atoms with E-state index in [2.05, 4.69) is 14.6 Å². The van der Waals surface area contributed by atoms with Gasteiger partial charge in [0.1, 0.15) is 11.5 Å². The highest BCUT2D eigenvalue weighted by molar-refractivity contribution is 7.89. The Balaban J connectivity index is 1.56. The van der Waals surface area contributed by atoms with Crippen molar-refractivity contribution in [1.82, 2.24) is 14.3 Å². The lowest BCUT2D eigenvalue weighted by molar-refractivity contribution is 0.102. The van der Waals surface area contributed by atoms with Crippen LogP contribution in [0.5, 0.6) is 0 Å².